The Hall–Kier alpha value is -2.97. The van der Waals surface area contributed by atoms with Crippen LogP contribution in [-0.4, -0.2) is 28.6 Å². The lowest BCUT2D eigenvalue weighted by atomic mass is 10.1. The highest BCUT2D eigenvalue weighted by atomic mass is 15.2. The first-order chi connectivity index (χ1) is 12.2. The second-order valence-corrected chi connectivity index (χ2v) is 6.49. The highest BCUT2D eigenvalue weighted by molar-refractivity contribution is 5.83. The maximum atomic E-state index is 9.06. The van der Waals surface area contributed by atoms with Gasteiger partial charge in [0.1, 0.15) is 6.33 Å². The van der Waals surface area contributed by atoms with Gasteiger partial charge in [-0.3, -0.25) is 0 Å². The van der Waals surface area contributed by atoms with Gasteiger partial charge in [-0.1, -0.05) is 0 Å². The van der Waals surface area contributed by atoms with Crippen LogP contribution < -0.4 is 10.2 Å². The molecule has 2 aromatic carbocycles. The fraction of sp³-hybridized carbons (Fsp3) is 0.250. The van der Waals surface area contributed by atoms with E-state index in [4.69, 9.17) is 5.26 Å². The molecule has 25 heavy (non-hydrogen) atoms. The number of hydrogen-bond donors (Lipinski definition) is 1. The lowest BCUT2D eigenvalue weighted by Crippen LogP contribution is -2.32. The van der Waals surface area contributed by atoms with Crippen molar-refractivity contribution >= 4 is 22.3 Å². The zero-order valence-corrected chi connectivity index (χ0v) is 14.1. The van der Waals surface area contributed by atoms with Gasteiger partial charge in [-0.15, -0.1) is 0 Å². The van der Waals surface area contributed by atoms with Crippen molar-refractivity contribution < 1.29 is 0 Å². The van der Waals surface area contributed by atoms with E-state index >= 15 is 0 Å². The Morgan fingerprint density at radius 2 is 1.96 bits per heavy atom. The van der Waals surface area contributed by atoms with Gasteiger partial charge in [-0.25, -0.2) is 9.97 Å². The highest BCUT2D eigenvalue weighted by Gasteiger charge is 2.28. The van der Waals surface area contributed by atoms with Crippen LogP contribution in [0.5, 0.6) is 0 Å². The van der Waals surface area contributed by atoms with E-state index in [9.17, 15) is 0 Å². The molecule has 1 aliphatic heterocycles. The SMILES string of the molecule is CC1CC(N(c2ccc(C#N)cc2)c2ccc3cncnc3c2)CN1. The maximum Gasteiger partial charge on any atom is 0.116 e. The van der Waals surface area contributed by atoms with Crippen LogP contribution in [-0.2, 0) is 0 Å². The first-order valence-electron chi connectivity index (χ1n) is 8.47. The van der Waals surface area contributed by atoms with Gasteiger partial charge in [-0.05, 0) is 55.8 Å². The third kappa shape index (κ3) is 3.04. The smallest absolute Gasteiger partial charge is 0.116 e. The van der Waals surface area contributed by atoms with Gasteiger partial charge in [0.05, 0.1) is 17.1 Å². The molecule has 0 aliphatic carbocycles. The number of rotatable bonds is 3. The van der Waals surface area contributed by atoms with Gasteiger partial charge in [-0.2, -0.15) is 5.26 Å². The van der Waals surface area contributed by atoms with Crippen molar-refractivity contribution in [3.05, 3.63) is 60.6 Å². The van der Waals surface area contributed by atoms with Crippen molar-refractivity contribution in [3.8, 4) is 6.07 Å². The van der Waals surface area contributed by atoms with Crippen LogP contribution in [0, 0.1) is 11.3 Å². The summed E-state index contributed by atoms with van der Waals surface area (Å²) in [5, 5.41) is 13.6. The van der Waals surface area contributed by atoms with Crippen LogP contribution >= 0.6 is 0 Å². The molecule has 1 saturated heterocycles. The van der Waals surface area contributed by atoms with Crippen LogP contribution in [0.25, 0.3) is 10.9 Å². The molecule has 2 unspecified atom stereocenters. The van der Waals surface area contributed by atoms with Gasteiger partial charge in [0, 0.05) is 41.6 Å². The van der Waals surface area contributed by atoms with Crippen molar-refractivity contribution in [1.82, 2.24) is 15.3 Å². The summed E-state index contributed by atoms with van der Waals surface area (Å²) in [6.07, 6.45) is 4.48. The summed E-state index contributed by atoms with van der Waals surface area (Å²) in [5.74, 6) is 0. The molecule has 0 bridgehead atoms. The predicted molar refractivity (Wildman–Crippen MR) is 98.7 cm³/mol. The molecule has 2 heterocycles. The normalized spacial score (nSPS) is 19.7. The Morgan fingerprint density at radius 1 is 1.16 bits per heavy atom. The molecule has 3 aromatic rings. The number of anilines is 2. The molecular weight excluding hydrogens is 310 g/mol. The van der Waals surface area contributed by atoms with E-state index in [1.165, 1.54) is 0 Å². The van der Waals surface area contributed by atoms with Gasteiger partial charge >= 0.3 is 0 Å². The number of hydrogen-bond acceptors (Lipinski definition) is 5. The molecule has 5 heteroatoms. The quantitative estimate of drug-likeness (QED) is 0.798. The standard InChI is InChI=1S/C20H19N5/c1-14-8-19(12-23-14)25(17-5-2-15(10-21)3-6-17)18-7-4-16-11-22-13-24-20(16)9-18/h2-7,9,11,13-14,19,23H,8,12H2,1H3. The number of nitrogens with zero attached hydrogens (tertiary/aromatic N) is 4. The average Bonchev–Trinajstić information content (AvgIpc) is 3.08. The minimum atomic E-state index is 0.363. The number of aromatic nitrogens is 2. The summed E-state index contributed by atoms with van der Waals surface area (Å²) in [6, 6.07) is 17.1. The second kappa shape index (κ2) is 6.50. The first kappa shape index (κ1) is 15.6. The zero-order chi connectivity index (χ0) is 17.2. The number of nitriles is 1. The minimum Gasteiger partial charge on any atom is -0.337 e. The van der Waals surface area contributed by atoms with Crippen molar-refractivity contribution in [1.29, 1.82) is 5.26 Å². The Balaban J connectivity index is 1.79. The van der Waals surface area contributed by atoms with Gasteiger partial charge < -0.3 is 10.2 Å². The van der Waals surface area contributed by atoms with E-state index in [2.05, 4.69) is 51.4 Å². The zero-order valence-electron chi connectivity index (χ0n) is 14.1. The first-order valence-corrected chi connectivity index (χ1v) is 8.47. The summed E-state index contributed by atoms with van der Waals surface area (Å²) in [5.41, 5.74) is 3.81. The van der Waals surface area contributed by atoms with E-state index in [1.807, 2.05) is 30.5 Å². The predicted octanol–water partition coefficient (Wildman–Crippen LogP) is 3.39. The number of benzene rings is 2. The van der Waals surface area contributed by atoms with Crippen molar-refractivity contribution in [2.75, 3.05) is 11.4 Å². The highest BCUT2D eigenvalue weighted by Crippen LogP contribution is 2.32. The number of fused-ring (bicyclic) bond motifs is 1. The average molecular weight is 329 g/mol. The van der Waals surface area contributed by atoms with E-state index < -0.39 is 0 Å². The Bertz CT molecular complexity index is 929. The lowest BCUT2D eigenvalue weighted by Gasteiger charge is -2.31. The van der Waals surface area contributed by atoms with Crippen LogP contribution in [0.15, 0.2) is 55.0 Å². The van der Waals surface area contributed by atoms with Crippen molar-refractivity contribution in [2.24, 2.45) is 0 Å². The van der Waals surface area contributed by atoms with Crippen LogP contribution in [0.3, 0.4) is 0 Å². The van der Waals surface area contributed by atoms with Gasteiger partial charge in [0.15, 0.2) is 0 Å². The summed E-state index contributed by atoms with van der Waals surface area (Å²) < 4.78 is 0. The van der Waals surface area contributed by atoms with Crippen molar-refractivity contribution in [3.63, 3.8) is 0 Å². The summed E-state index contributed by atoms with van der Waals surface area (Å²) in [4.78, 5) is 10.8. The molecule has 1 N–H and O–H groups in total. The molecule has 0 amide bonds. The summed E-state index contributed by atoms with van der Waals surface area (Å²) >= 11 is 0. The molecule has 1 fully saturated rings. The molecule has 124 valence electrons. The third-order valence-electron chi connectivity index (χ3n) is 4.74. The largest absolute Gasteiger partial charge is 0.337 e. The lowest BCUT2D eigenvalue weighted by molar-refractivity contribution is 0.652. The molecular formula is C20H19N5. The van der Waals surface area contributed by atoms with Crippen molar-refractivity contribution in [2.45, 2.75) is 25.4 Å². The molecule has 5 nitrogen and oxygen atoms in total. The van der Waals surface area contributed by atoms with Gasteiger partial charge in [0.2, 0.25) is 0 Å². The fourth-order valence-electron chi connectivity index (χ4n) is 3.49. The van der Waals surface area contributed by atoms with E-state index in [0.29, 0.717) is 17.6 Å². The monoisotopic (exact) mass is 329 g/mol. The summed E-state index contributed by atoms with van der Waals surface area (Å²) in [7, 11) is 0. The van der Waals surface area contributed by atoms with Crippen LogP contribution in [0.1, 0.15) is 18.9 Å². The molecule has 1 aliphatic rings. The molecule has 2 atom stereocenters. The molecule has 0 saturated carbocycles. The van der Waals surface area contributed by atoms with Crippen LogP contribution in [0.2, 0.25) is 0 Å². The minimum absolute atomic E-state index is 0.363. The Morgan fingerprint density at radius 3 is 2.68 bits per heavy atom. The number of nitrogens with one attached hydrogen (secondary N) is 1. The molecule has 4 rings (SSSR count). The topological polar surface area (TPSA) is 64.8 Å². The molecule has 0 spiro atoms. The Labute approximate surface area is 146 Å². The van der Waals surface area contributed by atoms with Gasteiger partial charge in [0.25, 0.3) is 0 Å². The second-order valence-electron chi connectivity index (χ2n) is 6.49. The Kier molecular flexibility index (Phi) is 4.04. The van der Waals surface area contributed by atoms with E-state index in [1.54, 1.807) is 6.33 Å². The summed E-state index contributed by atoms with van der Waals surface area (Å²) in [6.45, 7) is 3.15. The fourth-order valence-corrected chi connectivity index (χ4v) is 3.49. The third-order valence-corrected chi connectivity index (χ3v) is 4.74. The van der Waals surface area contributed by atoms with E-state index in [0.717, 1.165) is 35.2 Å². The maximum absolute atomic E-state index is 9.06. The molecule has 0 radical (unpaired) electrons. The van der Waals surface area contributed by atoms with E-state index in [-0.39, 0.29) is 0 Å². The van der Waals surface area contributed by atoms with Crippen LogP contribution in [0.4, 0.5) is 11.4 Å². The molecule has 1 aromatic heterocycles.